The summed E-state index contributed by atoms with van der Waals surface area (Å²) in [4.78, 5) is 33.8. The van der Waals surface area contributed by atoms with Crippen molar-refractivity contribution < 1.29 is 9.59 Å². The highest BCUT2D eigenvalue weighted by Crippen LogP contribution is 2.22. The number of rotatable bonds is 6. The SMILES string of the molecule is CC(=O)NCCN1Cc2nc(NCc3cccnc3C)ccc2C1=O. The van der Waals surface area contributed by atoms with Crippen molar-refractivity contribution in [3.8, 4) is 0 Å². The van der Waals surface area contributed by atoms with E-state index in [1.807, 2.05) is 31.2 Å². The zero-order valence-corrected chi connectivity index (χ0v) is 14.4. The van der Waals surface area contributed by atoms with E-state index in [1.165, 1.54) is 6.92 Å². The zero-order valence-electron chi connectivity index (χ0n) is 14.4. The van der Waals surface area contributed by atoms with Crippen LogP contribution in [0.15, 0.2) is 30.5 Å². The standard InChI is InChI=1S/C18H21N5O2/c1-12-14(4-3-7-19-12)10-21-17-6-5-15-16(22-17)11-23(18(15)25)9-8-20-13(2)24/h3-7H,8-11H2,1-2H3,(H,20,24)(H,21,22). The van der Waals surface area contributed by atoms with E-state index in [2.05, 4.69) is 20.6 Å². The summed E-state index contributed by atoms with van der Waals surface area (Å²) in [6, 6.07) is 7.56. The van der Waals surface area contributed by atoms with Crippen LogP contribution in [0.3, 0.4) is 0 Å². The molecule has 7 nitrogen and oxygen atoms in total. The summed E-state index contributed by atoms with van der Waals surface area (Å²) in [7, 11) is 0. The van der Waals surface area contributed by atoms with Crippen LogP contribution in [-0.4, -0.2) is 39.8 Å². The van der Waals surface area contributed by atoms with Crippen LogP contribution in [0.5, 0.6) is 0 Å². The molecule has 3 rings (SSSR count). The summed E-state index contributed by atoms with van der Waals surface area (Å²) in [6.07, 6.45) is 1.77. The van der Waals surface area contributed by atoms with Gasteiger partial charge in [-0.3, -0.25) is 14.6 Å². The van der Waals surface area contributed by atoms with Gasteiger partial charge in [0.05, 0.1) is 17.8 Å². The summed E-state index contributed by atoms with van der Waals surface area (Å²) >= 11 is 0. The molecule has 7 heteroatoms. The normalized spacial score (nSPS) is 12.9. The van der Waals surface area contributed by atoms with Gasteiger partial charge in [0, 0.05) is 38.4 Å². The lowest BCUT2D eigenvalue weighted by atomic mass is 10.2. The molecule has 0 fully saturated rings. The quantitative estimate of drug-likeness (QED) is 0.832. The van der Waals surface area contributed by atoms with E-state index in [4.69, 9.17) is 0 Å². The smallest absolute Gasteiger partial charge is 0.256 e. The van der Waals surface area contributed by atoms with E-state index in [0.29, 0.717) is 31.7 Å². The first-order chi connectivity index (χ1) is 12.0. The molecule has 130 valence electrons. The third kappa shape index (κ3) is 3.93. The Bertz CT molecular complexity index is 806. The van der Waals surface area contributed by atoms with Gasteiger partial charge in [0.2, 0.25) is 5.91 Å². The molecule has 2 N–H and O–H groups in total. The van der Waals surface area contributed by atoms with Gasteiger partial charge in [0.15, 0.2) is 0 Å². The predicted octanol–water partition coefficient (Wildman–Crippen LogP) is 1.49. The number of hydrogen-bond acceptors (Lipinski definition) is 5. The number of fused-ring (bicyclic) bond motifs is 1. The number of aromatic nitrogens is 2. The van der Waals surface area contributed by atoms with Gasteiger partial charge in [-0.05, 0) is 30.7 Å². The van der Waals surface area contributed by atoms with Crippen molar-refractivity contribution in [2.24, 2.45) is 0 Å². The summed E-state index contributed by atoms with van der Waals surface area (Å²) in [5.74, 6) is 0.598. The molecule has 2 aromatic rings. The Morgan fingerprint density at radius 2 is 2.16 bits per heavy atom. The highest BCUT2D eigenvalue weighted by molar-refractivity contribution is 5.98. The van der Waals surface area contributed by atoms with Crippen LogP contribution in [0.4, 0.5) is 5.82 Å². The summed E-state index contributed by atoms with van der Waals surface area (Å²) in [5.41, 5.74) is 3.49. The van der Waals surface area contributed by atoms with E-state index in [1.54, 1.807) is 11.1 Å². The van der Waals surface area contributed by atoms with E-state index < -0.39 is 0 Å². The molecule has 2 amide bonds. The molecule has 0 radical (unpaired) electrons. The number of pyridine rings is 2. The molecule has 0 aromatic carbocycles. The second-order valence-corrected chi connectivity index (χ2v) is 6.00. The molecular weight excluding hydrogens is 318 g/mol. The molecule has 0 bridgehead atoms. The second-order valence-electron chi connectivity index (χ2n) is 6.00. The Hall–Kier alpha value is -2.96. The monoisotopic (exact) mass is 339 g/mol. The Balaban J connectivity index is 1.63. The average molecular weight is 339 g/mol. The maximum Gasteiger partial charge on any atom is 0.256 e. The van der Waals surface area contributed by atoms with Crippen LogP contribution in [0.2, 0.25) is 0 Å². The summed E-state index contributed by atoms with van der Waals surface area (Å²) < 4.78 is 0. The Morgan fingerprint density at radius 1 is 1.32 bits per heavy atom. The molecule has 3 heterocycles. The topological polar surface area (TPSA) is 87.2 Å². The van der Waals surface area contributed by atoms with Gasteiger partial charge >= 0.3 is 0 Å². The average Bonchev–Trinajstić information content (AvgIpc) is 2.89. The maximum absolute atomic E-state index is 12.4. The zero-order chi connectivity index (χ0) is 17.8. The third-order valence-electron chi connectivity index (χ3n) is 4.16. The molecule has 1 aliphatic heterocycles. The number of nitrogens with one attached hydrogen (secondary N) is 2. The molecule has 1 aliphatic rings. The fourth-order valence-electron chi connectivity index (χ4n) is 2.78. The molecule has 2 aromatic heterocycles. The fourth-order valence-corrected chi connectivity index (χ4v) is 2.78. The summed E-state index contributed by atoms with van der Waals surface area (Å²) in [5, 5.41) is 5.98. The van der Waals surface area contributed by atoms with E-state index in [9.17, 15) is 9.59 Å². The minimum Gasteiger partial charge on any atom is -0.366 e. The van der Waals surface area contributed by atoms with Crippen LogP contribution in [-0.2, 0) is 17.9 Å². The van der Waals surface area contributed by atoms with Crippen molar-refractivity contribution in [3.63, 3.8) is 0 Å². The van der Waals surface area contributed by atoms with Crippen LogP contribution < -0.4 is 10.6 Å². The first kappa shape index (κ1) is 16.9. The molecule has 0 unspecified atom stereocenters. The van der Waals surface area contributed by atoms with Crippen LogP contribution >= 0.6 is 0 Å². The first-order valence-electron chi connectivity index (χ1n) is 8.22. The van der Waals surface area contributed by atoms with Gasteiger partial charge in [-0.1, -0.05) is 6.07 Å². The molecule has 25 heavy (non-hydrogen) atoms. The van der Waals surface area contributed by atoms with E-state index in [0.717, 1.165) is 22.8 Å². The number of anilines is 1. The fraction of sp³-hybridized carbons (Fsp3) is 0.333. The van der Waals surface area contributed by atoms with Crippen LogP contribution in [0.1, 0.15) is 34.2 Å². The summed E-state index contributed by atoms with van der Waals surface area (Å²) in [6.45, 7) is 5.45. The van der Waals surface area contributed by atoms with Crippen molar-refractivity contribution in [2.75, 3.05) is 18.4 Å². The minimum absolute atomic E-state index is 0.0393. The lowest BCUT2D eigenvalue weighted by Crippen LogP contribution is -2.34. The molecule has 0 saturated heterocycles. The Labute approximate surface area is 146 Å². The Kier molecular flexibility index (Phi) is 4.92. The number of carbonyl (C=O) groups excluding carboxylic acids is 2. The van der Waals surface area contributed by atoms with Crippen molar-refractivity contribution in [2.45, 2.75) is 26.9 Å². The number of amides is 2. The third-order valence-corrected chi connectivity index (χ3v) is 4.16. The van der Waals surface area contributed by atoms with Crippen LogP contribution in [0, 0.1) is 6.92 Å². The molecular formula is C18H21N5O2. The molecule has 0 aliphatic carbocycles. The number of carbonyl (C=O) groups is 2. The van der Waals surface area contributed by atoms with E-state index >= 15 is 0 Å². The predicted molar refractivity (Wildman–Crippen MR) is 94.0 cm³/mol. The first-order valence-corrected chi connectivity index (χ1v) is 8.22. The van der Waals surface area contributed by atoms with Gasteiger partial charge in [-0.15, -0.1) is 0 Å². The molecule has 0 atom stereocenters. The maximum atomic E-state index is 12.4. The Morgan fingerprint density at radius 3 is 2.92 bits per heavy atom. The highest BCUT2D eigenvalue weighted by atomic mass is 16.2. The molecule has 0 saturated carbocycles. The number of hydrogen-bond donors (Lipinski definition) is 2. The number of nitrogens with zero attached hydrogens (tertiary/aromatic N) is 3. The van der Waals surface area contributed by atoms with Gasteiger partial charge in [-0.25, -0.2) is 4.98 Å². The molecule has 0 spiro atoms. The van der Waals surface area contributed by atoms with Crippen molar-refractivity contribution in [3.05, 3.63) is 53.0 Å². The lowest BCUT2D eigenvalue weighted by Gasteiger charge is -2.14. The largest absolute Gasteiger partial charge is 0.366 e. The van der Waals surface area contributed by atoms with Crippen molar-refractivity contribution >= 4 is 17.6 Å². The lowest BCUT2D eigenvalue weighted by molar-refractivity contribution is -0.119. The van der Waals surface area contributed by atoms with E-state index in [-0.39, 0.29) is 11.8 Å². The van der Waals surface area contributed by atoms with Crippen molar-refractivity contribution in [1.82, 2.24) is 20.2 Å². The van der Waals surface area contributed by atoms with Crippen molar-refractivity contribution in [1.29, 1.82) is 0 Å². The van der Waals surface area contributed by atoms with Gasteiger partial charge < -0.3 is 15.5 Å². The van der Waals surface area contributed by atoms with Gasteiger partial charge in [-0.2, -0.15) is 0 Å². The highest BCUT2D eigenvalue weighted by Gasteiger charge is 2.28. The number of aryl methyl sites for hydroxylation is 1. The minimum atomic E-state index is -0.0977. The van der Waals surface area contributed by atoms with Crippen LogP contribution in [0.25, 0.3) is 0 Å². The second kappa shape index (κ2) is 7.29. The van der Waals surface area contributed by atoms with Gasteiger partial charge in [0.25, 0.3) is 5.91 Å². The van der Waals surface area contributed by atoms with Gasteiger partial charge in [0.1, 0.15) is 5.82 Å².